The van der Waals surface area contributed by atoms with Crippen LogP contribution in [0.5, 0.6) is 17.2 Å². The van der Waals surface area contributed by atoms with Crippen molar-refractivity contribution in [3.8, 4) is 17.2 Å². The molecule has 0 bridgehead atoms. The van der Waals surface area contributed by atoms with Gasteiger partial charge in [-0.05, 0) is 30.3 Å². The van der Waals surface area contributed by atoms with Crippen molar-refractivity contribution in [2.45, 2.75) is 6.92 Å². The fourth-order valence-electron chi connectivity index (χ4n) is 2.06. The number of methoxy groups -OCH3 is 1. The number of esters is 1. The van der Waals surface area contributed by atoms with Crippen molar-refractivity contribution in [3.05, 3.63) is 48.0 Å². The van der Waals surface area contributed by atoms with Crippen molar-refractivity contribution >= 4 is 23.5 Å². The summed E-state index contributed by atoms with van der Waals surface area (Å²) in [5.41, 5.74) is 0.718. The molecule has 26 heavy (non-hydrogen) atoms. The minimum Gasteiger partial charge on any atom is -0.493 e. The maximum Gasteiger partial charge on any atom is 0.341 e. The lowest BCUT2D eigenvalue weighted by molar-refractivity contribution is -0.139. The van der Waals surface area contributed by atoms with Crippen molar-refractivity contribution in [3.63, 3.8) is 0 Å². The van der Waals surface area contributed by atoms with Crippen LogP contribution in [0.3, 0.4) is 0 Å². The molecule has 2 aromatic carbocycles. The molecule has 2 N–H and O–H groups in total. The molecule has 136 valence electrons. The average molecular weight is 359 g/mol. The third-order valence-electron chi connectivity index (χ3n) is 3.13. The molecule has 8 heteroatoms. The molecule has 0 saturated carbocycles. The zero-order chi connectivity index (χ0) is 19.1. The van der Waals surface area contributed by atoms with Gasteiger partial charge in [-0.2, -0.15) is 0 Å². The Morgan fingerprint density at radius 2 is 1.85 bits per heavy atom. The molecular formula is C18H17NO7. The van der Waals surface area contributed by atoms with Gasteiger partial charge in [-0.3, -0.25) is 9.59 Å². The lowest BCUT2D eigenvalue weighted by Crippen LogP contribution is -2.13. The number of carbonyl (C=O) groups is 3. The highest BCUT2D eigenvalue weighted by Gasteiger charge is 2.13. The van der Waals surface area contributed by atoms with Crippen LogP contribution in [-0.4, -0.2) is 36.7 Å². The molecule has 0 aliphatic rings. The molecule has 0 aliphatic heterocycles. The van der Waals surface area contributed by atoms with Gasteiger partial charge in [0.2, 0.25) is 0 Å². The number of amides is 1. The van der Waals surface area contributed by atoms with Gasteiger partial charge in [0, 0.05) is 24.2 Å². The summed E-state index contributed by atoms with van der Waals surface area (Å²) in [4.78, 5) is 34.0. The highest BCUT2D eigenvalue weighted by Crippen LogP contribution is 2.28. The van der Waals surface area contributed by atoms with Gasteiger partial charge >= 0.3 is 11.9 Å². The van der Waals surface area contributed by atoms with Crippen LogP contribution in [0.2, 0.25) is 0 Å². The van der Waals surface area contributed by atoms with Gasteiger partial charge in [0.15, 0.2) is 18.1 Å². The number of carbonyl (C=O) groups excluding carboxylic acids is 2. The largest absolute Gasteiger partial charge is 0.493 e. The van der Waals surface area contributed by atoms with E-state index in [9.17, 15) is 14.4 Å². The first-order valence-corrected chi connectivity index (χ1v) is 7.51. The minimum absolute atomic E-state index is 0.209. The van der Waals surface area contributed by atoms with Gasteiger partial charge in [-0.25, -0.2) is 4.79 Å². The molecule has 0 heterocycles. The minimum atomic E-state index is -1.10. The topological polar surface area (TPSA) is 111 Å². The lowest BCUT2D eigenvalue weighted by atomic mass is 10.1. The van der Waals surface area contributed by atoms with E-state index in [4.69, 9.17) is 19.3 Å². The standard InChI is InChI=1S/C18H17NO7/c1-11(20)26-15-7-6-12(8-16(15)24-2)18(23)19-13-4-3-5-14(9-13)25-10-17(21)22/h3-9H,10H2,1-2H3,(H,19,23)(H,21,22). The predicted octanol–water partition coefficient (Wildman–Crippen LogP) is 2.34. The number of carboxylic acid groups (broad SMARTS) is 1. The molecule has 2 rings (SSSR count). The van der Waals surface area contributed by atoms with Crippen LogP contribution in [0.4, 0.5) is 5.69 Å². The number of carboxylic acids is 1. The highest BCUT2D eigenvalue weighted by atomic mass is 16.6. The molecule has 8 nitrogen and oxygen atoms in total. The fraction of sp³-hybridized carbons (Fsp3) is 0.167. The third-order valence-corrected chi connectivity index (χ3v) is 3.13. The smallest absolute Gasteiger partial charge is 0.341 e. The van der Waals surface area contributed by atoms with Crippen LogP contribution >= 0.6 is 0 Å². The first-order chi connectivity index (χ1) is 12.4. The molecule has 2 aromatic rings. The Morgan fingerprint density at radius 3 is 2.50 bits per heavy atom. The summed E-state index contributed by atoms with van der Waals surface area (Å²) >= 11 is 0. The van der Waals surface area contributed by atoms with E-state index in [2.05, 4.69) is 5.32 Å². The molecule has 0 aliphatic carbocycles. The molecule has 0 atom stereocenters. The summed E-state index contributed by atoms with van der Waals surface area (Å²) < 4.78 is 15.2. The number of ether oxygens (including phenoxy) is 3. The van der Waals surface area contributed by atoms with Crippen LogP contribution in [0.1, 0.15) is 17.3 Å². The molecular weight excluding hydrogens is 342 g/mol. The molecule has 0 aromatic heterocycles. The SMILES string of the molecule is COc1cc(C(=O)Nc2cccc(OCC(=O)O)c2)ccc1OC(C)=O. The second-order valence-corrected chi connectivity index (χ2v) is 5.12. The molecule has 0 saturated heterocycles. The molecule has 1 amide bonds. The van der Waals surface area contributed by atoms with Crippen LogP contribution in [0.15, 0.2) is 42.5 Å². The van der Waals surface area contributed by atoms with Crippen molar-refractivity contribution in [1.82, 2.24) is 0 Å². The Labute approximate surface area is 149 Å². The Balaban J connectivity index is 2.13. The Morgan fingerprint density at radius 1 is 1.08 bits per heavy atom. The van der Waals surface area contributed by atoms with E-state index >= 15 is 0 Å². The zero-order valence-electron chi connectivity index (χ0n) is 14.1. The highest BCUT2D eigenvalue weighted by molar-refractivity contribution is 6.04. The Kier molecular flexibility index (Phi) is 6.15. The van der Waals surface area contributed by atoms with Gasteiger partial charge in [0.25, 0.3) is 5.91 Å². The summed E-state index contributed by atoms with van der Waals surface area (Å²) in [6.45, 7) is 0.783. The zero-order valence-corrected chi connectivity index (χ0v) is 14.1. The maximum absolute atomic E-state index is 12.4. The van der Waals surface area contributed by atoms with Crippen LogP contribution in [0.25, 0.3) is 0 Å². The van der Waals surface area contributed by atoms with Gasteiger partial charge in [-0.15, -0.1) is 0 Å². The van der Waals surface area contributed by atoms with Crippen molar-refractivity contribution in [2.24, 2.45) is 0 Å². The van der Waals surface area contributed by atoms with E-state index in [1.807, 2.05) is 0 Å². The van der Waals surface area contributed by atoms with Gasteiger partial charge in [-0.1, -0.05) is 6.07 Å². The Bertz CT molecular complexity index is 832. The van der Waals surface area contributed by atoms with E-state index in [-0.39, 0.29) is 17.1 Å². The molecule has 0 radical (unpaired) electrons. The molecule has 0 unspecified atom stereocenters. The number of rotatable bonds is 7. The summed E-state index contributed by atoms with van der Waals surface area (Å²) in [5.74, 6) is -1.26. The first-order valence-electron chi connectivity index (χ1n) is 7.51. The normalized spacial score (nSPS) is 9.92. The summed E-state index contributed by atoms with van der Waals surface area (Å²) in [6, 6.07) is 10.7. The van der Waals surface area contributed by atoms with Gasteiger partial charge in [0.05, 0.1) is 7.11 Å². The summed E-state index contributed by atoms with van der Waals surface area (Å²) in [7, 11) is 1.40. The lowest BCUT2D eigenvalue weighted by Gasteiger charge is -2.11. The van der Waals surface area contributed by atoms with Crippen molar-refractivity contribution in [2.75, 3.05) is 19.0 Å². The van der Waals surface area contributed by atoms with Crippen molar-refractivity contribution in [1.29, 1.82) is 0 Å². The van der Waals surface area contributed by atoms with E-state index in [0.29, 0.717) is 11.4 Å². The van der Waals surface area contributed by atoms with E-state index in [1.165, 1.54) is 38.3 Å². The Hall–Kier alpha value is -3.55. The fourth-order valence-corrected chi connectivity index (χ4v) is 2.06. The van der Waals surface area contributed by atoms with Crippen LogP contribution < -0.4 is 19.5 Å². The number of hydrogen-bond acceptors (Lipinski definition) is 6. The van der Waals surface area contributed by atoms with E-state index in [1.54, 1.807) is 18.2 Å². The van der Waals surface area contributed by atoms with E-state index in [0.717, 1.165) is 0 Å². The second-order valence-electron chi connectivity index (χ2n) is 5.12. The second kappa shape index (κ2) is 8.52. The van der Waals surface area contributed by atoms with Crippen LogP contribution in [0, 0.1) is 0 Å². The number of nitrogens with one attached hydrogen (secondary N) is 1. The number of aliphatic carboxylic acids is 1. The maximum atomic E-state index is 12.4. The van der Waals surface area contributed by atoms with Crippen LogP contribution in [-0.2, 0) is 9.59 Å². The summed E-state index contributed by atoms with van der Waals surface area (Å²) in [5, 5.41) is 11.3. The number of hydrogen-bond donors (Lipinski definition) is 2. The third kappa shape index (κ3) is 5.23. The molecule has 0 fully saturated rings. The van der Waals surface area contributed by atoms with Gasteiger partial charge in [0.1, 0.15) is 5.75 Å². The summed E-state index contributed by atoms with van der Waals surface area (Å²) in [6.07, 6.45) is 0. The van der Waals surface area contributed by atoms with Gasteiger partial charge < -0.3 is 24.6 Å². The predicted molar refractivity (Wildman–Crippen MR) is 91.8 cm³/mol. The number of anilines is 1. The van der Waals surface area contributed by atoms with E-state index < -0.39 is 24.5 Å². The first kappa shape index (κ1) is 18.8. The van der Waals surface area contributed by atoms with Crippen molar-refractivity contribution < 1.29 is 33.7 Å². The molecule has 0 spiro atoms. The quantitative estimate of drug-likeness (QED) is 0.576. The average Bonchev–Trinajstić information content (AvgIpc) is 2.60. The monoisotopic (exact) mass is 359 g/mol. The number of benzene rings is 2.